The molecule has 5 nitrogen and oxygen atoms in total. The zero-order valence-corrected chi connectivity index (χ0v) is 16.7. The minimum Gasteiger partial charge on any atom is -0.504 e. The van der Waals surface area contributed by atoms with Crippen LogP contribution in [0.5, 0.6) is 11.5 Å². The Bertz CT molecular complexity index is 771. The lowest BCUT2D eigenvalue weighted by molar-refractivity contribution is -0.134. The summed E-state index contributed by atoms with van der Waals surface area (Å²) in [6, 6.07) is 15.9. The molecule has 28 heavy (non-hydrogen) atoms. The molecule has 3 rings (SSSR count). The van der Waals surface area contributed by atoms with E-state index in [9.17, 15) is 9.90 Å². The van der Waals surface area contributed by atoms with Crippen LogP contribution in [-0.2, 0) is 11.3 Å². The number of carbonyl (C=O) groups excluding carboxylic acids is 1. The Labute approximate surface area is 167 Å². The Morgan fingerprint density at radius 2 is 1.93 bits per heavy atom. The van der Waals surface area contributed by atoms with E-state index in [1.165, 1.54) is 0 Å². The molecule has 0 aromatic heterocycles. The van der Waals surface area contributed by atoms with Gasteiger partial charge < -0.3 is 20.1 Å². The number of aromatic hydroxyl groups is 1. The molecule has 1 heterocycles. The Kier molecular flexibility index (Phi) is 6.93. The maximum Gasteiger partial charge on any atom is 0.230 e. The number of hydrogen-bond donors (Lipinski definition) is 2. The molecule has 1 amide bonds. The first-order valence-electron chi connectivity index (χ1n) is 10.0. The molecule has 0 radical (unpaired) electrons. The quantitative estimate of drug-likeness (QED) is 0.767. The number of ether oxygens (including phenoxy) is 1. The summed E-state index contributed by atoms with van der Waals surface area (Å²) in [5, 5.41) is 13.4. The number of nitrogens with zero attached hydrogens (tertiary/aromatic N) is 1. The molecule has 2 aromatic carbocycles. The standard InChI is InChI=1S/C23H30N2O3/c1-3-20(18-7-5-4-6-8-18)23(27)25-13-11-19(12-14-25)24-16-17-9-10-22(28-2)21(26)15-17/h4-10,15,19-20,24,26H,3,11-14,16H2,1-2H3. The van der Waals surface area contributed by atoms with Crippen molar-refractivity contribution in [1.29, 1.82) is 0 Å². The largest absolute Gasteiger partial charge is 0.504 e. The Balaban J connectivity index is 1.50. The Morgan fingerprint density at radius 1 is 1.21 bits per heavy atom. The molecule has 2 aromatic rings. The second-order valence-corrected chi connectivity index (χ2v) is 7.36. The number of likely N-dealkylation sites (tertiary alicyclic amines) is 1. The third-order valence-electron chi connectivity index (χ3n) is 5.55. The Morgan fingerprint density at radius 3 is 2.54 bits per heavy atom. The van der Waals surface area contributed by atoms with E-state index in [0.717, 1.165) is 43.5 Å². The van der Waals surface area contributed by atoms with Crippen LogP contribution in [-0.4, -0.2) is 42.2 Å². The zero-order chi connectivity index (χ0) is 19.9. The van der Waals surface area contributed by atoms with Gasteiger partial charge in [0.1, 0.15) is 0 Å². The van der Waals surface area contributed by atoms with Gasteiger partial charge in [0.2, 0.25) is 5.91 Å². The SMILES string of the molecule is CCC(C(=O)N1CCC(NCc2ccc(OC)c(O)c2)CC1)c1ccccc1. The van der Waals surface area contributed by atoms with Crippen molar-refractivity contribution < 1.29 is 14.6 Å². The van der Waals surface area contributed by atoms with Crippen molar-refractivity contribution in [3.8, 4) is 11.5 Å². The summed E-state index contributed by atoms with van der Waals surface area (Å²) >= 11 is 0. The van der Waals surface area contributed by atoms with E-state index in [-0.39, 0.29) is 17.6 Å². The van der Waals surface area contributed by atoms with Crippen molar-refractivity contribution in [2.24, 2.45) is 0 Å². The summed E-state index contributed by atoms with van der Waals surface area (Å²) in [4.78, 5) is 15.0. The summed E-state index contributed by atoms with van der Waals surface area (Å²) in [6.07, 6.45) is 2.71. The van der Waals surface area contributed by atoms with Gasteiger partial charge in [-0.15, -0.1) is 0 Å². The molecule has 0 aliphatic carbocycles. The molecule has 0 saturated carbocycles. The van der Waals surface area contributed by atoms with E-state index in [2.05, 4.69) is 12.2 Å². The number of carbonyl (C=O) groups is 1. The monoisotopic (exact) mass is 382 g/mol. The molecule has 150 valence electrons. The van der Waals surface area contributed by atoms with Gasteiger partial charge in [-0.05, 0) is 42.5 Å². The van der Waals surface area contributed by atoms with Crippen molar-refractivity contribution in [3.63, 3.8) is 0 Å². The average molecular weight is 383 g/mol. The third kappa shape index (κ3) is 4.84. The molecule has 1 saturated heterocycles. The molecule has 0 spiro atoms. The number of phenolic OH excluding ortho intramolecular Hbond substituents is 1. The molecule has 1 fully saturated rings. The summed E-state index contributed by atoms with van der Waals surface area (Å²) in [5.74, 6) is 0.841. The van der Waals surface area contributed by atoms with Gasteiger partial charge in [0.25, 0.3) is 0 Å². The van der Waals surface area contributed by atoms with Gasteiger partial charge in [-0.25, -0.2) is 0 Å². The van der Waals surface area contributed by atoms with Crippen molar-refractivity contribution in [1.82, 2.24) is 10.2 Å². The minimum absolute atomic E-state index is 0.0482. The van der Waals surface area contributed by atoms with Gasteiger partial charge in [-0.2, -0.15) is 0 Å². The molecule has 1 aliphatic heterocycles. The normalized spacial score (nSPS) is 16.0. The fourth-order valence-corrected chi connectivity index (χ4v) is 3.87. The van der Waals surface area contributed by atoms with Crippen molar-refractivity contribution in [2.45, 2.75) is 44.7 Å². The molecular formula is C23H30N2O3. The topological polar surface area (TPSA) is 61.8 Å². The minimum atomic E-state index is -0.0482. The summed E-state index contributed by atoms with van der Waals surface area (Å²) in [7, 11) is 1.54. The van der Waals surface area contributed by atoms with Gasteiger partial charge in [-0.1, -0.05) is 43.3 Å². The van der Waals surface area contributed by atoms with Crippen LogP contribution in [0, 0.1) is 0 Å². The summed E-state index contributed by atoms with van der Waals surface area (Å²) < 4.78 is 5.08. The average Bonchev–Trinajstić information content (AvgIpc) is 2.74. The van der Waals surface area contributed by atoms with E-state index in [0.29, 0.717) is 18.3 Å². The van der Waals surface area contributed by atoms with E-state index in [1.54, 1.807) is 19.2 Å². The molecule has 5 heteroatoms. The molecular weight excluding hydrogens is 352 g/mol. The number of nitrogens with one attached hydrogen (secondary N) is 1. The predicted octanol–water partition coefficient (Wildman–Crippen LogP) is 3.68. The highest BCUT2D eigenvalue weighted by atomic mass is 16.5. The number of methoxy groups -OCH3 is 1. The number of hydrogen-bond acceptors (Lipinski definition) is 4. The molecule has 1 aliphatic rings. The fourth-order valence-electron chi connectivity index (χ4n) is 3.87. The van der Waals surface area contributed by atoms with E-state index in [1.807, 2.05) is 41.3 Å². The number of benzene rings is 2. The maximum absolute atomic E-state index is 13.0. The van der Waals surface area contributed by atoms with Crippen LogP contribution in [0.1, 0.15) is 43.2 Å². The highest BCUT2D eigenvalue weighted by molar-refractivity contribution is 5.83. The first-order valence-corrected chi connectivity index (χ1v) is 10.0. The van der Waals surface area contributed by atoms with Gasteiger partial charge in [0.15, 0.2) is 11.5 Å². The molecule has 0 bridgehead atoms. The van der Waals surface area contributed by atoms with Crippen LogP contribution in [0.25, 0.3) is 0 Å². The first-order chi connectivity index (χ1) is 13.6. The Hall–Kier alpha value is -2.53. The number of amides is 1. The van der Waals surface area contributed by atoms with Crippen LogP contribution in [0.4, 0.5) is 0 Å². The van der Waals surface area contributed by atoms with Crippen molar-refractivity contribution in [2.75, 3.05) is 20.2 Å². The van der Waals surface area contributed by atoms with Gasteiger partial charge in [0, 0.05) is 25.7 Å². The number of rotatable bonds is 7. The highest BCUT2D eigenvalue weighted by Gasteiger charge is 2.28. The molecule has 1 atom stereocenters. The maximum atomic E-state index is 13.0. The van der Waals surface area contributed by atoms with Gasteiger partial charge >= 0.3 is 0 Å². The second kappa shape index (κ2) is 9.60. The molecule has 1 unspecified atom stereocenters. The lowest BCUT2D eigenvalue weighted by Crippen LogP contribution is -2.46. The third-order valence-corrected chi connectivity index (χ3v) is 5.55. The zero-order valence-electron chi connectivity index (χ0n) is 16.7. The van der Waals surface area contributed by atoms with E-state index in [4.69, 9.17) is 4.74 Å². The van der Waals surface area contributed by atoms with Crippen molar-refractivity contribution in [3.05, 3.63) is 59.7 Å². The fraction of sp³-hybridized carbons (Fsp3) is 0.435. The first kappa shape index (κ1) is 20.2. The van der Waals surface area contributed by atoms with Crippen LogP contribution < -0.4 is 10.1 Å². The van der Waals surface area contributed by atoms with E-state index < -0.39 is 0 Å². The number of phenols is 1. The van der Waals surface area contributed by atoms with Crippen LogP contribution in [0.15, 0.2) is 48.5 Å². The summed E-state index contributed by atoms with van der Waals surface area (Å²) in [5.41, 5.74) is 2.13. The van der Waals surface area contributed by atoms with Crippen LogP contribution in [0.3, 0.4) is 0 Å². The van der Waals surface area contributed by atoms with E-state index >= 15 is 0 Å². The van der Waals surface area contributed by atoms with Gasteiger partial charge in [-0.3, -0.25) is 4.79 Å². The lowest BCUT2D eigenvalue weighted by Gasteiger charge is -2.34. The van der Waals surface area contributed by atoms with Gasteiger partial charge in [0.05, 0.1) is 13.0 Å². The predicted molar refractivity (Wildman–Crippen MR) is 111 cm³/mol. The molecule has 2 N–H and O–H groups in total. The summed E-state index contributed by atoms with van der Waals surface area (Å²) in [6.45, 7) is 4.34. The second-order valence-electron chi connectivity index (χ2n) is 7.36. The smallest absolute Gasteiger partial charge is 0.230 e. The highest BCUT2D eigenvalue weighted by Crippen LogP contribution is 2.27. The lowest BCUT2D eigenvalue weighted by atomic mass is 9.93. The van der Waals surface area contributed by atoms with Crippen LogP contribution in [0.2, 0.25) is 0 Å². The number of piperidine rings is 1. The van der Waals surface area contributed by atoms with Crippen LogP contribution >= 0.6 is 0 Å². The van der Waals surface area contributed by atoms with Crippen molar-refractivity contribution >= 4 is 5.91 Å².